The third kappa shape index (κ3) is 2.88. The Kier molecular flexibility index (Phi) is 4.20. The van der Waals surface area contributed by atoms with E-state index in [1.54, 1.807) is 36.3 Å². The lowest BCUT2D eigenvalue weighted by atomic mass is 10.1. The number of carbonyl (C=O) groups excluding carboxylic acids is 1. The van der Waals surface area contributed by atoms with Gasteiger partial charge in [-0.05, 0) is 24.3 Å². The maximum absolute atomic E-state index is 12.4. The molecule has 0 unspecified atom stereocenters. The van der Waals surface area contributed by atoms with E-state index in [-0.39, 0.29) is 5.91 Å². The zero-order chi connectivity index (χ0) is 14.5. The number of para-hydroxylation sites is 1. The Hall–Kier alpha value is -2.56. The average molecular weight is 271 g/mol. The molecule has 0 atom stereocenters. The van der Waals surface area contributed by atoms with Crippen LogP contribution >= 0.6 is 0 Å². The number of nitrogen functional groups attached to an aromatic ring is 1. The number of hydrogen-bond donors (Lipinski definition) is 1. The molecule has 1 amide bonds. The lowest BCUT2D eigenvalue weighted by molar-refractivity contribution is 0.0784. The number of pyridine rings is 1. The van der Waals surface area contributed by atoms with Gasteiger partial charge < -0.3 is 15.4 Å². The Morgan fingerprint density at radius 3 is 2.75 bits per heavy atom. The molecule has 5 nitrogen and oxygen atoms in total. The minimum atomic E-state index is -0.160. The molecule has 104 valence electrons. The maximum Gasteiger partial charge on any atom is 0.256 e. The van der Waals surface area contributed by atoms with Crippen LogP contribution in [-0.2, 0) is 6.54 Å². The number of amides is 1. The molecule has 2 aromatic rings. The van der Waals surface area contributed by atoms with Crippen molar-refractivity contribution in [1.82, 2.24) is 9.88 Å². The highest BCUT2D eigenvalue weighted by Crippen LogP contribution is 2.25. The summed E-state index contributed by atoms with van der Waals surface area (Å²) >= 11 is 0. The Morgan fingerprint density at radius 1 is 1.30 bits per heavy atom. The highest BCUT2D eigenvalue weighted by atomic mass is 16.5. The molecule has 1 heterocycles. The molecule has 0 saturated heterocycles. The zero-order valence-electron chi connectivity index (χ0n) is 11.5. The van der Waals surface area contributed by atoms with E-state index in [1.807, 2.05) is 18.2 Å². The number of nitrogens with two attached hydrogens (primary N) is 1. The van der Waals surface area contributed by atoms with Gasteiger partial charge in [0.05, 0.1) is 30.6 Å². The van der Waals surface area contributed by atoms with Gasteiger partial charge in [0.25, 0.3) is 5.91 Å². The molecule has 0 aliphatic rings. The van der Waals surface area contributed by atoms with Crippen LogP contribution in [0.3, 0.4) is 0 Å². The molecule has 0 radical (unpaired) electrons. The third-order valence-corrected chi connectivity index (χ3v) is 2.99. The number of rotatable bonds is 4. The van der Waals surface area contributed by atoms with Crippen molar-refractivity contribution in [3.05, 3.63) is 53.9 Å². The molecule has 0 aliphatic carbocycles. The van der Waals surface area contributed by atoms with Gasteiger partial charge in [0.2, 0.25) is 0 Å². The summed E-state index contributed by atoms with van der Waals surface area (Å²) < 4.78 is 5.13. The van der Waals surface area contributed by atoms with Gasteiger partial charge in [-0.25, -0.2) is 0 Å². The molecule has 20 heavy (non-hydrogen) atoms. The molecule has 0 spiro atoms. The Bertz CT molecular complexity index is 599. The van der Waals surface area contributed by atoms with Crippen molar-refractivity contribution in [1.29, 1.82) is 0 Å². The van der Waals surface area contributed by atoms with Crippen LogP contribution in [0.4, 0.5) is 5.69 Å². The van der Waals surface area contributed by atoms with Crippen LogP contribution in [0, 0.1) is 0 Å². The fourth-order valence-corrected chi connectivity index (χ4v) is 1.92. The van der Waals surface area contributed by atoms with E-state index < -0.39 is 0 Å². The van der Waals surface area contributed by atoms with E-state index >= 15 is 0 Å². The predicted octanol–water partition coefficient (Wildman–Crippen LogP) is 1.94. The van der Waals surface area contributed by atoms with Crippen molar-refractivity contribution < 1.29 is 9.53 Å². The number of aromatic nitrogens is 1. The van der Waals surface area contributed by atoms with Gasteiger partial charge in [0.15, 0.2) is 0 Å². The zero-order valence-corrected chi connectivity index (χ0v) is 11.5. The van der Waals surface area contributed by atoms with Crippen LogP contribution in [0.25, 0.3) is 0 Å². The van der Waals surface area contributed by atoms with E-state index in [0.29, 0.717) is 23.5 Å². The van der Waals surface area contributed by atoms with Crippen LogP contribution in [-0.4, -0.2) is 29.9 Å². The molecule has 2 rings (SSSR count). The number of methoxy groups -OCH3 is 1. The summed E-state index contributed by atoms with van der Waals surface area (Å²) in [5.41, 5.74) is 7.55. The molecular weight excluding hydrogens is 254 g/mol. The first-order valence-electron chi connectivity index (χ1n) is 6.21. The lowest BCUT2D eigenvalue weighted by Crippen LogP contribution is -2.27. The first-order valence-corrected chi connectivity index (χ1v) is 6.21. The van der Waals surface area contributed by atoms with Crippen molar-refractivity contribution in [2.75, 3.05) is 19.9 Å². The minimum absolute atomic E-state index is 0.160. The summed E-state index contributed by atoms with van der Waals surface area (Å²) in [5, 5.41) is 0. The SMILES string of the molecule is COc1cccc(C(=O)N(C)Cc2ccccn2)c1N. The number of benzene rings is 1. The first kappa shape index (κ1) is 13.9. The fraction of sp³-hybridized carbons (Fsp3) is 0.200. The topological polar surface area (TPSA) is 68.5 Å². The minimum Gasteiger partial charge on any atom is -0.495 e. The molecule has 1 aromatic carbocycles. The highest BCUT2D eigenvalue weighted by molar-refractivity contribution is 6.00. The van der Waals surface area contributed by atoms with Gasteiger partial charge in [-0.3, -0.25) is 9.78 Å². The van der Waals surface area contributed by atoms with Crippen LogP contribution < -0.4 is 10.5 Å². The summed E-state index contributed by atoms with van der Waals surface area (Å²) in [4.78, 5) is 18.2. The van der Waals surface area contributed by atoms with Crippen LogP contribution in [0.1, 0.15) is 16.1 Å². The third-order valence-electron chi connectivity index (χ3n) is 2.99. The predicted molar refractivity (Wildman–Crippen MR) is 77.4 cm³/mol. The monoisotopic (exact) mass is 271 g/mol. The van der Waals surface area contributed by atoms with Crippen molar-refractivity contribution >= 4 is 11.6 Å². The molecule has 0 saturated carbocycles. The van der Waals surface area contributed by atoms with Crippen LogP contribution in [0.15, 0.2) is 42.6 Å². The largest absolute Gasteiger partial charge is 0.495 e. The molecule has 2 N–H and O–H groups in total. The van der Waals surface area contributed by atoms with Crippen molar-refractivity contribution in [3.8, 4) is 5.75 Å². The quantitative estimate of drug-likeness (QED) is 0.863. The van der Waals surface area contributed by atoms with E-state index in [2.05, 4.69) is 4.98 Å². The number of anilines is 1. The van der Waals surface area contributed by atoms with Crippen molar-refractivity contribution in [3.63, 3.8) is 0 Å². The second-order valence-corrected chi connectivity index (χ2v) is 4.40. The second-order valence-electron chi connectivity index (χ2n) is 4.40. The van der Waals surface area contributed by atoms with Gasteiger partial charge in [-0.2, -0.15) is 0 Å². The number of nitrogens with zero attached hydrogens (tertiary/aromatic N) is 2. The van der Waals surface area contributed by atoms with Gasteiger partial charge in [0, 0.05) is 13.2 Å². The molecule has 1 aromatic heterocycles. The van der Waals surface area contributed by atoms with Crippen LogP contribution in [0.5, 0.6) is 5.75 Å². The van der Waals surface area contributed by atoms with E-state index in [0.717, 1.165) is 5.69 Å². The smallest absolute Gasteiger partial charge is 0.256 e. The van der Waals surface area contributed by atoms with E-state index in [1.165, 1.54) is 7.11 Å². The molecule has 0 aliphatic heterocycles. The van der Waals surface area contributed by atoms with E-state index in [9.17, 15) is 4.79 Å². The Morgan fingerprint density at radius 2 is 2.10 bits per heavy atom. The molecule has 0 fully saturated rings. The summed E-state index contributed by atoms with van der Waals surface area (Å²) in [6.07, 6.45) is 1.70. The fourth-order valence-electron chi connectivity index (χ4n) is 1.92. The number of ether oxygens (including phenoxy) is 1. The van der Waals surface area contributed by atoms with Crippen LogP contribution in [0.2, 0.25) is 0 Å². The van der Waals surface area contributed by atoms with Gasteiger partial charge in [0.1, 0.15) is 5.75 Å². The van der Waals surface area contributed by atoms with E-state index in [4.69, 9.17) is 10.5 Å². The number of hydrogen-bond acceptors (Lipinski definition) is 4. The number of carbonyl (C=O) groups is 1. The van der Waals surface area contributed by atoms with Crippen molar-refractivity contribution in [2.45, 2.75) is 6.54 Å². The highest BCUT2D eigenvalue weighted by Gasteiger charge is 2.17. The second kappa shape index (κ2) is 6.06. The standard InChI is InChI=1S/C15H17N3O2/c1-18(10-11-6-3-4-9-17-11)15(19)12-7-5-8-13(20-2)14(12)16/h3-9H,10,16H2,1-2H3. The molecule has 0 bridgehead atoms. The van der Waals surface area contributed by atoms with Crippen molar-refractivity contribution in [2.24, 2.45) is 0 Å². The van der Waals surface area contributed by atoms with Gasteiger partial charge >= 0.3 is 0 Å². The summed E-state index contributed by atoms with van der Waals surface area (Å²) in [5.74, 6) is 0.342. The first-order chi connectivity index (χ1) is 9.63. The van der Waals surface area contributed by atoms with Gasteiger partial charge in [-0.15, -0.1) is 0 Å². The lowest BCUT2D eigenvalue weighted by Gasteiger charge is -2.18. The summed E-state index contributed by atoms with van der Waals surface area (Å²) in [7, 11) is 3.24. The summed E-state index contributed by atoms with van der Waals surface area (Å²) in [6.45, 7) is 0.427. The maximum atomic E-state index is 12.4. The Labute approximate surface area is 118 Å². The average Bonchev–Trinajstić information content (AvgIpc) is 2.48. The van der Waals surface area contributed by atoms with Gasteiger partial charge in [-0.1, -0.05) is 12.1 Å². The molecular formula is C15H17N3O2. The normalized spacial score (nSPS) is 10.1. The summed E-state index contributed by atoms with van der Waals surface area (Å²) in [6, 6.07) is 10.8. The Balaban J connectivity index is 2.19. The molecule has 5 heteroatoms.